The smallest absolute Gasteiger partial charge is 0.353 e. The zero-order valence-electron chi connectivity index (χ0n) is 17.2. The topological polar surface area (TPSA) is 103 Å². The second-order valence-electron chi connectivity index (χ2n) is 7.71. The van der Waals surface area contributed by atoms with Gasteiger partial charge in [-0.25, -0.2) is 9.97 Å². The maximum Gasteiger partial charge on any atom is 0.353 e. The number of ether oxygens (including phenoxy) is 2. The second kappa shape index (κ2) is 9.15. The molecule has 0 spiro atoms. The number of hydrogen-bond donors (Lipinski definition) is 1. The SMILES string of the molecule is CCCC1CCN(c2ncnc(Nc3ccc4c(c3)OCCCO4)c2[N+](=O)[O-])CC1. The number of nitrogens with one attached hydrogen (secondary N) is 1. The van der Waals surface area contributed by atoms with Gasteiger partial charge in [-0.1, -0.05) is 19.8 Å². The Morgan fingerprint density at radius 2 is 1.97 bits per heavy atom. The third kappa shape index (κ3) is 4.39. The molecule has 2 aliphatic heterocycles. The first kappa shape index (κ1) is 20.2. The Morgan fingerprint density at radius 1 is 1.20 bits per heavy atom. The molecule has 2 aliphatic rings. The molecule has 1 aromatic carbocycles. The van der Waals surface area contributed by atoms with Gasteiger partial charge >= 0.3 is 5.69 Å². The number of piperidine rings is 1. The molecule has 1 N–H and O–H groups in total. The highest BCUT2D eigenvalue weighted by molar-refractivity contribution is 5.75. The van der Waals surface area contributed by atoms with Crippen LogP contribution in [0.2, 0.25) is 0 Å². The molecule has 1 fully saturated rings. The van der Waals surface area contributed by atoms with Crippen LogP contribution in [0.1, 0.15) is 39.0 Å². The molecule has 30 heavy (non-hydrogen) atoms. The van der Waals surface area contributed by atoms with Gasteiger partial charge in [-0.15, -0.1) is 0 Å². The van der Waals surface area contributed by atoms with Crippen molar-refractivity contribution in [3.8, 4) is 11.5 Å². The normalized spacial score (nSPS) is 16.8. The van der Waals surface area contributed by atoms with Crippen molar-refractivity contribution in [3.05, 3.63) is 34.6 Å². The van der Waals surface area contributed by atoms with Gasteiger partial charge in [0.2, 0.25) is 11.6 Å². The van der Waals surface area contributed by atoms with Gasteiger partial charge in [-0.05, 0) is 30.9 Å². The van der Waals surface area contributed by atoms with Crippen molar-refractivity contribution < 1.29 is 14.4 Å². The van der Waals surface area contributed by atoms with Gasteiger partial charge < -0.3 is 19.7 Å². The quantitative estimate of drug-likeness (QED) is 0.552. The number of nitro groups is 1. The van der Waals surface area contributed by atoms with Crippen molar-refractivity contribution in [3.63, 3.8) is 0 Å². The first-order chi connectivity index (χ1) is 14.7. The molecule has 9 heteroatoms. The molecule has 3 heterocycles. The average Bonchev–Trinajstić information content (AvgIpc) is 2.99. The van der Waals surface area contributed by atoms with E-state index in [-0.39, 0.29) is 11.5 Å². The Balaban J connectivity index is 1.58. The van der Waals surface area contributed by atoms with E-state index >= 15 is 0 Å². The molecule has 4 rings (SSSR count). The zero-order valence-corrected chi connectivity index (χ0v) is 17.2. The molecule has 9 nitrogen and oxygen atoms in total. The van der Waals surface area contributed by atoms with Crippen molar-refractivity contribution in [2.24, 2.45) is 5.92 Å². The van der Waals surface area contributed by atoms with Crippen molar-refractivity contribution >= 4 is 23.0 Å². The van der Waals surface area contributed by atoms with E-state index in [1.165, 1.54) is 19.2 Å². The summed E-state index contributed by atoms with van der Waals surface area (Å²) in [5.41, 5.74) is 0.548. The molecule has 2 aromatic rings. The Hall–Kier alpha value is -3.10. The van der Waals surface area contributed by atoms with Crippen LogP contribution in [0, 0.1) is 16.0 Å². The van der Waals surface area contributed by atoms with Gasteiger partial charge in [-0.2, -0.15) is 0 Å². The summed E-state index contributed by atoms with van der Waals surface area (Å²) in [5.74, 6) is 2.53. The lowest BCUT2D eigenvalue weighted by Gasteiger charge is -2.32. The standard InChI is InChI=1S/C21H27N5O4/c1-2-4-15-7-9-25(10-8-15)21-19(26(27)28)20(22-14-23-21)24-16-5-6-17-18(13-16)30-12-3-11-29-17/h5-6,13-15H,2-4,7-12H2,1H3,(H,22,23,24). The highest BCUT2D eigenvalue weighted by atomic mass is 16.6. The molecule has 0 atom stereocenters. The highest BCUT2D eigenvalue weighted by Crippen LogP contribution is 2.38. The minimum Gasteiger partial charge on any atom is -0.490 e. The molecule has 0 bridgehead atoms. The Labute approximate surface area is 175 Å². The molecule has 1 aromatic heterocycles. The van der Waals surface area contributed by atoms with Crippen LogP contribution in [0.5, 0.6) is 11.5 Å². The molecule has 0 saturated carbocycles. The summed E-state index contributed by atoms with van der Waals surface area (Å²) in [7, 11) is 0. The summed E-state index contributed by atoms with van der Waals surface area (Å²) in [6, 6.07) is 5.38. The fourth-order valence-electron chi connectivity index (χ4n) is 4.08. The highest BCUT2D eigenvalue weighted by Gasteiger charge is 2.30. The largest absolute Gasteiger partial charge is 0.490 e. The molecule has 0 aliphatic carbocycles. The Bertz CT molecular complexity index is 899. The van der Waals surface area contributed by atoms with Gasteiger partial charge in [0, 0.05) is 31.3 Å². The number of hydrogen-bond acceptors (Lipinski definition) is 8. The summed E-state index contributed by atoms with van der Waals surface area (Å²) in [4.78, 5) is 22.0. The van der Waals surface area contributed by atoms with Crippen molar-refractivity contribution in [2.75, 3.05) is 36.5 Å². The first-order valence-electron chi connectivity index (χ1n) is 10.6. The number of rotatable bonds is 6. The number of nitrogens with zero attached hydrogens (tertiary/aromatic N) is 4. The van der Waals surface area contributed by atoms with Crippen LogP contribution in [0.25, 0.3) is 0 Å². The summed E-state index contributed by atoms with van der Waals surface area (Å²) in [6.45, 7) is 4.91. The summed E-state index contributed by atoms with van der Waals surface area (Å²) < 4.78 is 11.4. The molecular formula is C21H27N5O4. The predicted octanol–water partition coefficient (Wildman–Crippen LogP) is 4.31. The Kier molecular flexibility index (Phi) is 6.15. The third-order valence-electron chi connectivity index (χ3n) is 5.61. The van der Waals surface area contributed by atoms with Crippen molar-refractivity contribution in [1.82, 2.24) is 9.97 Å². The summed E-state index contributed by atoms with van der Waals surface area (Å²) in [6.07, 6.45) is 6.62. The van der Waals surface area contributed by atoms with Crippen LogP contribution in [0.15, 0.2) is 24.5 Å². The van der Waals surface area contributed by atoms with E-state index < -0.39 is 4.92 Å². The number of benzene rings is 1. The lowest BCUT2D eigenvalue weighted by Crippen LogP contribution is -2.34. The van der Waals surface area contributed by atoms with E-state index in [2.05, 4.69) is 22.2 Å². The maximum absolute atomic E-state index is 11.9. The van der Waals surface area contributed by atoms with Gasteiger partial charge in [0.15, 0.2) is 11.5 Å². The first-order valence-corrected chi connectivity index (χ1v) is 10.6. The van der Waals surface area contributed by atoms with E-state index in [0.29, 0.717) is 42.1 Å². The summed E-state index contributed by atoms with van der Waals surface area (Å²) >= 11 is 0. The zero-order chi connectivity index (χ0) is 20.9. The minimum absolute atomic E-state index is 0.0986. The van der Waals surface area contributed by atoms with Crippen LogP contribution in [-0.4, -0.2) is 41.2 Å². The second-order valence-corrected chi connectivity index (χ2v) is 7.71. The average molecular weight is 413 g/mol. The lowest BCUT2D eigenvalue weighted by molar-refractivity contribution is -0.383. The van der Waals surface area contributed by atoms with E-state index in [0.717, 1.165) is 32.4 Å². The maximum atomic E-state index is 11.9. The van der Waals surface area contributed by atoms with Crippen LogP contribution in [0.3, 0.4) is 0 Å². The minimum atomic E-state index is -0.404. The molecule has 0 amide bonds. The van der Waals surface area contributed by atoms with E-state index in [1.54, 1.807) is 18.2 Å². The summed E-state index contributed by atoms with van der Waals surface area (Å²) in [5, 5.41) is 15.0. The molecule has 160 valence electrons. The van der Waals surface area contributed by atoms with Crippen LogP contribution >= 0.6 is 0 Å². The Morgan fingerprint density at radius 3 is 2.70 bits per heavy atom. The molecule has 1 saturated heterocycles. The number of aromatic nitrogens is 2. The van der Waals surface area contributed by atoms with Crippen LogP contribution in [-0.2, 0) is 0 Å². The van der Waals surface area contributed by atoms with Crippen molar-refractivity contribution in [2.45, 2.75) is 39.0 Å². The van der Waals surface area contributed by atoms with Gasteiger partial charge in [0.05, 0.1) is 18.1 Å². The number of fused-ring (bicyclic) bond motifs is 1. The third-order valence-corrected chi connectivity index (χ3v) is 5.61. The molecule has 0 radical (unpaired) electrons. The molecular weight excluding hydrogens is 386 g/mol. The lowest BCUT2D eigenvalue weighted by atomic mass is 9.92. The fraction of sp³-hybridized carbons (Fsp3) is 0.524. The fourth-order valence-corrected chi connectivity index (χ4v) is 4.08. The van der Waals surface area contributed by atoms with Crippen molar-refractivity contribution in [1.29, 1.82) is 0 Å². The van der Waals surface area contributed by atoms with Crippen LogP contribution in [0.4, 0.5) is 23.0 Å². The van der Waals surface area contributed by atoms with E-state index in [4.69, 9.17) is 9.47 Å². The van der Waals surface area contributed by atoms with Gasteiger partial charge in [0.1, 0.15) is 6.33 Å². The van der Waals surface area contributed by atoms with Gasteiger partial charge in [-0.3, -0.25) is 10.1 Å². The predicted molar refractivity (Wildman–Crippen MR) is 114 cm³/mol. The number of anilines is 3. The van der Waals surface area contributed by atoms with Crippen LogP contribution < -0.4 is 19.7 Å². The van der Waals surface area contributed by atoms with E-state index in [9.17, 15) is 10.1 Å². The monoisotopic (exact) mass is 413 g/mol. The van der Waals surface area contributed by atoms with E-state index in [1.807, 2.05) is 4.90 Å². The van der Waals surface area contributed by atoms with Gasteiger partial charge in [0.25, 0.3) is 0 Å². The molecule has 0 unspecified atom stereocenters.